The largest absolute Gasteiger partial charge is 0.492 e. The zero-order valence-electron chi connectivity index (χ0n) is 8.37. The minimum absolute atomic E-state index is 0.304. The molecule has 0 radical (unpaired) electrons. The molecule has 1 heterocycles. The van der Waals surface area contributed by atoms with Gasteiger partial charge >= 0.3 is 5.97 Å². The number of hydrogen-bond donors (Lipinski definition) is 1. The maximum Gasteiger partial charge on any atom is 0.349 e. The van der Waals surface area contributed by atoms with E-state index < -0.39 is 5.97 Å². The molecule has 0 saturated heterocycles. The van der Waals surface area contributed by atoms with Gasteiger partial charge in [0.05, 0.1) is 6.61 Å². The molecule has 1 aromatic rings. The molecule has 0 aromatic carbocycles. The first-order chi connectivity index (χ1) is 6.66. The molecule has 0 unspecified atom stereocenters. The van der Waals surface area contributed by atoms with Crippen LogP contribution in [-0.4, -0.2) is 17.7 Å². The van der Waals surface area contributed by atoms with Crippen molar-refractivity contribution in [2.45, 2.75) is 26.7 Å². The van der Waals surface area contributed by atoms with Crippen LogP contribution in [0.15, 0.2) is 5.38 Å². The van der Waals surface area contributed by atoms with Gasteiger partial charge < -0.3 is 9.84 Å². The van der Waals surface area contributed by atoms with Crippen LogP contribution in [0.4, 0.5) is 0 Å². The lowest BCUT2D eigenvalue weighted by molar-refractivity contribution is 0.0698. The molecule has 1 N–H and O–H groups in total. The molecule has 3 nitrogen and oxygen atoms in total. The number of rotatable bonds is 5. The zero-order chi connectivity index (χ0) is 10.6. The van der Waals surface area contributed by atoms with Gasteiger partial charge in [-0.2, -0.15) is 0 Å². The van der Waals surface area contributed by atoms with Gasteiger partial charge in [-0.15, -0.1) is 11.3 Å². The van der Waals surface area contributed by atoms with Crippen LogP contribution in [0.25, 0.3) is 0 Å². The lowest BCUT2D eigenvalue weighted by atomic mass is 10.3. The van der Waals surface area contributed by atoms with Crippen molar-refractivity contribution in [2.75, 3.05) is 6.61 Å². The third-order valence-corrected chi connectivity index (χ3v) is 2.92. The van der Waals surface area contributed by atoms with Gasteiger partial charge in [0.15, 0.2) is 4.88 Å². The fraction of sp³-hybridized carbons (Fsp3) is 0.500. The molecule has 0 aliphatic carbocycles. The minimum atomic E-state index is -0.908. The second-order valence-corrected chi connectivity index (χ2v) is 3.96. The molecule has 0 spiro atoms. The van der Waals surface area contributed by atoms with E-state index in [2.05, 4.69) is 6.92 Å². The summed E-state index contributed by atoms with van der Waals surface area (Å²) in [6.45, 7) is 4.53. The summed E-state index contributed by atoms with van der Waals surface area (Å²) in [6.07, 6.45) is 2.00. The number of aryl methyl sites for hydroxylation is 1. The van der Waals surface area contributed by atoms with Crippen LogP contribution in [0.2, 0.25) is 0 Å². The second kappa shape index (κ2) is 5.00. The lowest BCUT2D eigenvalue weighted by Gasteiger charge is -2.05. The van der Waals surface area contributed by atoms with E-state index in [4.69, 9.17) is 9.84 Å². The van der Waals surface area contributed by atoms with E-state index in [1.807, 2.05) is 12.3 Å². The summed E-state index contributed by atoms with van der Waals surface area (Å²) < 4.78 is 5.44. The number of carboxylic acids is 1. The molecule has 1 rings (SSSR count). The highest BCUT2D eigenvalue weighted by molar-refractivity contribution is 7.12. The molecule has 0 saturated carbocycles. The SMILES string of the molecule is CCCCOc1c(C)csc1C(=O)O. The average molecular weight is 214 g/mol. The molecule has 78 valence electrons. The molecule has 14 heavy (non-hydrogen) atoms. The second-order valence-electron chi connectivity index (χ2n) is 3.08. The molecule has 0 atom stereocenters. The van der Waals surface area contributed by atoms with E-state index in [0.717, 1.165) is 18.4 Å². The summed E-state index contributed by atoms with van der Waals surface area (Å²) in [4.78, 5) is 11.1. The summed E-state index contributed by atoms with van der Waals surface area (Å²) in [6, 6.07) is 0. The maximum absolute atomic E-state index is 10.8. The molecule has 0 fully saturated rings. The Labute approximate surface area is 87.3 Å². The third-order valence-electron chi connectivity index (χ3n) is 1.86. The highest BCUT2D eigenvalue weighted by atomic mass is 32.1. The van der Waals surface area contributed by atoms with E-state index in [9.17, 15) is 4.79 Å². The van der Waals surface area contributed by atoms with Gasteiger partial charge in [0, 0.05) is 5.56 Å². The van der Waals surface area contributed by atoms with Gasteiger partial charge in [-0.05, 0) is 18.7 Å². The predicted molar refractivity (Wildman–Crippen MR) is 56.4 cm³/mol. The Balaban J connectivity index is 2.72. The number of aromatic carboxylic acids is 1. The van der Waals surface area contributed by atoms with Crippen LogP contribution in [0.3, 0.4) is 0 Å². The first-order valence-corrected chi connectivity index (χ1v) is 5.49. The summed E-state index contributed by atoms with van der Waals surface area (Å²) in [5, 5.41) is 10.7. The van der Waals surface area contributed by atoms with Crippen molar-refractivity contribution in [1.29, 1.82) is 0 Å². The first-order valence-electron chi connectivity index (χ1n) is 4.61. The first kappa shape index (κ1) is 11.0. The minimum Gasteiger partial charge on any atom is -0.492 e. The fourth-order valence-electron chi connectivity index (χ4n) is 1.08. The molecule has 0 aliphatic rings. The van der Waals surface area contributed by atoms with Crippen molar-refractivity contribution in [3.63, 3.8) is 0 Å². The number of unbranched alkanes of at least 4 members (excludes halogenated alkanes) is 1. The normalized spacial score (nSPS) is 10.1. The van der Waals surface area contributed by atoms with Crippen LogP contribution in [-0.2, 0) is 0 Å². The Bertz CT molecular complexity index is 317. The Kier molecular flexibility index (Phi) is 3.95. The van der Waals surface area contributed by atoms with Crippen molar-refractivity contribution in [3.8, 4) is 5.75 Å². The summed E-state index contributed by atoms with van der Waals surface area (Å²) >= 11 is 1.22. The Morgan fingerprint density at radius 1 is 1.64 bits per heavy atom. The van der Waals surface area contributed by atoms with E-state index in [0.29, 0.717) is 17.2 Å². The van der Waals surface area contributed by atoms with E-state index in [-0.39, 0.29) is 0 Å². The van der Waals surface area contributed by atoms with E-state index in [1.54, 1.807) is 0 Å². The molecule has 1 aromatic heterocycles. The third kappa shape index (κ3) is 2.48. The van der Waals surface area contributed by atoms with Gasteiger partial charge in [-0.1, -0.05) is 13.3 Å². The quantitative estimate of drug-likeness (QED) is 0.766. The number of ether oxygens (including phenoxy) is 1. The van der Waals surface area contributed by atoms with Crippen molar-refractivity contribution in [1.82, 2.24) is 0 Å². The molecule has 0 amide bonds. The van der Waals surface area contributed by atoms with E-state index in [1.165, 1.54) is 11.3 Å². The van der Waals surface area contributed by atoms with Crippen LogP contribution in [0, 0.1) is 6.92 Å². The molecular weight excluding hydrogens is 200 g/mol. The lowest BCUT2D eigenvalue weighted by Crippen LogP contribution is -2.02. The van der Waals surface area contributed by atoms with Crippen molar-refractivity contribution < 1.29 is 14.6 Å². The van der Waals surface area contributed by atoms with Crippen LogP contribution < -0.4 is 4.74 Å². The zero-order valence-corrected chi connectivity index (χ0v) is 9.19. The number of thiophene rings is 1. The standard InChI is InChI=1S/C10H14O3S/c1-3-4-5-13-8-7(2)6-14-9(8)10(11)12/h6H,3-5H2,1-2H3,(H,11,12). The van der Waals surface area contributed by atoms with Gasteiger partial charge in [0.1, 0.15) is 5.75 Å². The molecule has 4 heteroatoms. The fourth-order valence-corrected chi connectivity index (χ4v) is 1.91. The summed E-state index contributed by atoms with van der Waals surface area (Å²) in [7, 11) is 0. The van der Waals surface area contributed by atoms with Crippen molar-refractivity contribution in [2.24, 2.45) is 0 Å². The van der Waals surface area contributed by atoms with Gasteiger partial charge in [0.2, 0.25) is 0 Å². The Hall–Kier alpha value is -1.03. The van der Waals surface area contributed by atoms with Crippen LogP contribution >= 0.6 is 11.3 Å². The highest BCUT2D eigenvalue weighted by Crippen LogP contribution is 2.30. The Morgan fingerprint density at radius 2 is 2.36 bits per heavy atom. The van der Waals surface area contributed by atoms with Crippen molar-refractivity contribution in [3.05, 3.63) is 15.8 Å². The number of carbonyl (C=O) groups is 1. The average Bonchev–Trinajstić information content (AvgIpc) is 2.48. The Morgan fingerprint density at radius 3 is 2.93 bits per heavy atom. The number of carboxylic acid groups (broad SMARTS) is 1. The highest BCUT2D eigenvalue weighted by Gasteiger charge is 2.15. The maximum atomic E-state index is 10.8. The number of hydrogen-bond acceptors (Lipinski definition) is 3. The monoisotopic (exact) mass is 214 g/mol. The van der Waals surface area contributed by atoms with Gasteiger partial charge in [-0.25, -0.2) is 4.79 Å². The molecular formula is C10H14O3S. The van der Waals surface area contributed by atoms with Crippen molar-refractivity contribution >= 4 is 17.3 Å². The van der Waals surface area contributed by atoms with Crippen LogP contribution in [0.1, 0.15) is 35.0 Å². The summed E-state index contributed by atoms with van der Waals surface area (Å²) in [5.41, 5.74) is 0.906. The van der Waals surface area contributed by atoms with Crippen LogP contribution in [0.5, 0.6) is 5.75 Å². The topological polar surface area (TPSA) is 46.5 Å². The molecule has 0 aliphatic heterocycles. The summed E-state index contributed by atoms with van der Waals surface area (Å²) in [5.74, 6) is -0.370. The van der Waals surface area contributed by atoms with Gasteiger partial charge in [0.25, 0.3) is 0 Å². The predicted octanol–water partition coefficient (Wildman–Crippen LogP) is 2.93. The smallest absolute Gasteiger partial charge is 0.349 e. The van der Waals surface area contributed by atoms with E-state index >= 15 is 0 Å². The molecule has 0 bridgehead atoms. The van der Waals surface area contributed by atoms with Gasteiger partial charge in [-0.3, -0.25) is 0 Å².